The van der Waals surface area contributed by atoms with Crippen molar-refractivity contribution in [1.29, 1.82) is 0 Å². The quantitative estimate of drug-likeness (QED) is 0.647. The van der Waals surface area contributed by atoms with Gasteiger partial charge in [-0.1, -0.05) is 12.2 Å². The highest BCUT2D eigenvalue weighted by Gasteiger charge is 2.57. The van der Waals surface area contributed by atoms with Crippen LogP contribution in [0.3, 0.4) is 0 Å². The van der Waals surface area contributed by atoms with Crippen LogP contribution in [0.1, 0.15) is 12.0 Å². The highest BCUT2D eigenvalue weighted by atomic mass is 19.4. The largest absolute Gasteiger partial charge is 0.419 e. The third-order valence-corrected chi connectivity index (χ3v) is 5.53. The second-order valence-corrected chi connectivity index (χ2v) is 7.60. The summed E-state index contributed by atoms with van der Waals surface area (Å²) >= 11 is 0. The molecular formula is C19H16F7N7O. The first-order chi connectivity index (χ1) is 15.9. The molecule has 3 heterocycles. The minimum atomic E-state index is -4.68. The van der Waals surface area contributed by atoms with Gasteiger partial charge < -0.3 is 10.2 Å². The average Bonchev–Trinajstić information content (AvgIpc) is 3.42. The molecule has 2 aromatic heterocycles. The van der Waals surface area contributed by atoms with Gasteiger partial charge in [-0.05, 0) is 6.08 Å². The second-order valence-electron chi connectivity index (χ2n) is 7.60. The SMILES string of the molecule is O=C(C1C=CC=C(F)C1(F)n1nccn1)N1CCC(F)(F)C1CNc1ncc(C(F)(F)F)cn1. The molecule has 2 aromatic rings. The van der Waals surface area contributed by atoms with Gasteiger partial charge in [-0.2, -0.15) is 23.4 Å². The Morgan fingerprint density at radius 3 is 2.41 bits per heavy atom. The third-order valence-electron chi connectivity index (χ3n) is 5.53. The van der Waals surface area contributed by atoms with E-state index in [1.807, 2.05) is 0 Å². The number of nitrogens with one attached hydrogen (secondary N) is 1. The van der Waals surface area contributed by atoms with E-state index in [2.05, 4.69) is 25.5 Å². The number of carbonyl (C=O) groups excluding carboxylic acids is 1. The van der Waals surface area contributed by atoms with Crippen LogP contribution in [-0.4, -0.2) is 60.8 Å². The van der Waals surface area contributed by atoms with Crippen molar-refractivity contribution in [2.45, 2.75) is 30.4 Å². The molecule has 1 fully saturated rings. The van der Waals surface area contributed by atoms with Crippen molar-refractivity contribution >= 4 is 11.9 Å². The first-order valence-corrected chi connectivity index (χ1v) is 9.86. The number of hydrogen-bond donors (Lipinski definition) is 1. The smallest absolute Gasteiger partial charge is 0.352 e. The molecule has 1 saturated heterocycles. The molecule has 0 bridgehead atoms. The molecule has 8 nitrogen and oxygen atoms in total. The van der Waals surface area contributed by atoms with Gasteiger partial charge in [0, 0.05) is 31.9 Å². The Bertz CT molecular complexity index is 1100. The van der Waals surface area contributed by atoms with Crippen LogP contribution in [0, 0.1) is 5.92 Å². The number of aromatic nitrogens is 5. The summed E-state index contributed by atoms with van der Waals surface area (Å²) in [4.78, 5) is 21.1. The Hall–Kier alpha value is -3.52. The van der Waals surface area contributed by atoms with Crippen molar-refractivity contribution in [1.82, 2.24) is 29.9 Å². The van der Waals surface area contributed by atoms with Crippen LogP contribution in [0.2, 0.25) is 0 Å². The van der Waals surface area contributed by atoms with Gasteiger partial charge in [0.15, 0.2) is 5.83 Å². The van der Waals surface area contributed by atoms with Crippen molar-refractivity contribution in [2.75, 3.05) is 18.4 Å². The van der Waals surface area contributed by atoms with E-state index in [0.717, 1.165) is 30.6 Å². The van der Waals surface area contributed by atoms with Gasteiger partial charge in [-0.25, -0.2) is 27.5 Å². The summed E-state index contributed by atoms with van der Waals surface area (Å²) in [7, 11) is 0. The Balaban J connectivity index is 1.55. The maximum Gasteiger partial charge on any atom is 0.419 e. The second kappa shape index (κ2) is 8.36. The molecule has 0 radical (unpaired) electrons. The van der Waals surface area contributed by atoms with E-state index in [9.17, 15) is 31.1 Å². The minimum Gasteiger partial charge on any atom is -0.352 e. The monoisotopic (exact) mass is 491 g/mol. The Labute approximate surface area is 187 Å². The summed E-state index contributed by atoms with van der Waals surface area (Å²) in [6.45, 7) is -1.12. The van der Waals surface area contributed by atoms with Crippen LogP contribution in [0.25, 0.3) is 0 Å². The van der Waals surface area contributed by atoms with Crippen LogP contribution in [0.5, 0.6) is 0 Å². The van der Waals surface area contributed by atoms with E-state index < -0.39 is 66.7 Å². The van der Waals surface area contributed by atoms with E-state index >= 15 is 4.39 Å². The number of alkyl halides is 6. The van der Waals surface area contributed by atoms with Crippen LogP contribution in [0.15, 0.2) is 48.8 Å². The van der Waals surface area contributed by atoms with Gasteiger partial charge in [0.1, 0.15) is 12.0 Å². The Morgan fingerprint density at radius 2 is 1.79 bits per heavy atom. The third kappa shape index (κ3) is 4.09. The molecular weight excluding hydrogens is 475 g/mol. The number of allylic oxidation sites excluding steroid dienone is 3. The molecule has 4 rings (SSSR count). The molecule has 1 aliphatic carbocycles. The van der Waals surface area contributed by atoms with Gasteiger partial charge in [-0.3, -0.25) is 4.79 Å². The van der Waals surface area contributed by atoms with E-state index in [1.165, 1.54) is 0 Å². The Morgan fingerprint density at radius 1 is 1.15 bits per heavy atom. The van der Waals surface area contributed by atoms with E-state index in [4.69, 9.17) is 0 Å². The first kappa shape index (κ1) is 23.6. The van der Waals surface area contributed by atoms with E-state index in [1.54, 1.807) is 0 Å². The molecule has 15 heteroatoms. The fourth-order valence-corrected chi connectivity index (χ4v) is 3.77. The van der Waals surface area contributed by atoms with Crippen LogP contribution in [0.4, 0.5) is 36.7 Å². The molecule has 1 aliphatic heterocycles. The number of hydrogen-bond acceptors (Lipinski definition) is 6. The molecule has 3 atom stereocenters. The lowest BCUT2D eigenvalue weighted by Gasteiger charge is -2.35. The summed E-state index contributed by atoms with van der Waals surface area (Å²) in [5.41, 5.74) is -1.13. The summed E-state index contributed by atoms with van der Waals surface area (Å²) in [6, 6.07) is -1.83. The van der Waals surface area contributed by atoms with E-state index in [0.29, 0.717) is 22.1 Å². The lowest BCUT2D eigenvalue weighted by Crippen LogP contribution is -2.53. The molecule has 1 N–H and O–H groups in total. The van der Waals surface area contributed by atoms with Gasteiger partial charge in [0.05, 0.1) is 18.0 Å². The molecule has 2 aliphatic rings. The maximum absolute atomic E-state index is 15.8. The molecule has 0 aromatic carbocycles. The van der Waals surface area contributed by atoms with Crippen molar-refractivity contribution in [3.8, 4) is 0 Å². The molecule has 182 valence electrons. The fourth-order valence-electron chi connectivity index (χ4n) is 3.77. The molecule has 0 saturated carbocycles. The molecule has 1 amide bonds. The number of nitrogens with zero attached hydrogens (tertiary/aromatic N) is 6. The van der Waals surface area contributed by atoms with Gasteiger partial charge in [0.25, 0.3) is 11.7 Å². The normalized spacial score (nSPS) is 26.4. The van der Waals surface area contributed by atoms with Crippen molar-refractivity contribution in [2.24, 2.45) is 5.92 Å². The maximum atomic E-state index is 15.8. The molecule has 34 heavy (non-hydrogen) atoms. The number of halogens is 7. The molecule has 3 unspecified atom stereocenters. The lowest BCUT2D eigenvalue weighted by molar-refractivity contribution is -0.146. The number of rotatable bonds is 5. The summed E-state index contributed by atoms with van der Waals surface area (Å²) in [6.07, 6.45) is 0.512. The predicted molar refractivity (Wildman–Crippen MR) is 102 cm³/mol. The zero-order valence-corrected chi connectivity index (χ0v) is 17.1. The van der Waals surface area contributed by atoms with Gasteiger partial charge in [0.2, 0.25) is 11.9 Å². The number of carbonyl (C=O) groups is 1. The van der Waals surface area contributed by atoms with E-state index in [-0.39, 0.29) is 5.95 Å². The van der Waals surface area contributed by atoms with Crippen LogP contribution < -0.4 is 5.32 Å². The number of likely N-dealkylation sites (tertiary alicyclic amines) is 1. The zero-order chi connectivity index (χ0) is 24.7. The van der Waals surface area contributed by atoms with Crippen molar-refractivity contribution in [3.63, 3.8) is 0 Å². The minimum absolute atomic E-state index is 0.350. The van der Waals surface area contributed by atoms with Crippen LogP contribution in [-0.2, 0) is 16.8 Å². The van der Waals surface area contributed by atoms with Gasteiger partial charge >= 0.3 is 6.18 Å². The summed E-state index contributed by atoms with van der Waals surface area (Å²) in [5.74, 6) is -11.4. The standard InChI is InChI=1S/C19H16F7N7O/c20-13-3-1-2-12(18(13,23)33-30-5-6-31-33)15(34)32-7-4-17(21,22)14(32)10-29-16-27-8-11(9-28-16)19(24,25)26/h1-3,5-6,8-9,12,14H,4,7,10H2,(H,27,28,29). The average molecular weight is 491 g/mol. The van der Waals surface area contributed by atoms with Gasteiger partial charge in [-0.15, -0.1) is 4.80 Å². The van der Waals surface area contributed by atoms with Crippen molar-refractivity contribution < 1.29 is 35.5 Å². The Kier molecular flexibility index (Phi) is 5.81. The number of anilines is 1. The highest BCUT2D eigenvalue weighted by molar-refractivity contribution is 5.83. The zero-order valence-electron chi connectivity index (χ0n) is 17.1. The lowest BCUT2D eigenvalue weighted by atomic mass is 9.90. The highest BCUT2D eigenvalue weighted by Crippen LogP contribution is 2.43. The van der Waals surface area contributed by atoms with Crippen molar-refractivity contribution in [3.05, 3.63) is 54.4 Å². The number of amides is 1. The summed E-state index contributed by atoms with van der Waals surface area (Å²) in [5, 5.41) is 9.49. The molecule has 0 spiro atoms. The topological polar surface area (TPSA) is 88.8 Å². The first-order valence-electron chi connectivity index (χ1n) is 9.86. The summed E-state index contributed by atoms with van der Waals surface area (Å²) < 4.78 is 97.4. The van der Waals surface area contributed by atoms with Crippen LogP contribution >= 0.6 is 0 Å². The fraction of sp³-hybridized carbons (Fsp3) is 0.421. The predicted octanol–water partition coefficient (Wildman–Crippen LogP) is 3.10.